The number of hydrogen-bond acceptors (Lipinski definition) is 2. The molecule has 16 heavy (non-hydrogen) atoms. The first-order valence-electron chi connectivity index (χ1n) is 5.80. The van der Waals surface area contributed by atoms with E-state index in [0.29, 0.717) is 17.8 Å². The Morgan fingerprint density at radius 1 is 0.812 bits per heavy atom. The monoisotopic (exact) mass is 222 g/mol. The fourth-order valence-corrected chi connectivity index (χ4v) is 1.57. The summed E-state index contributed by atoms with van der Waals surface area (Å²) in [4.78, 5) is 9.29. The molecule has 1 aromatic heterocycles. The van der Waals surface area contributed by atoms with Gasteiger partial charge in [0.05, 0.1) is 17.1 Å². The summed E-state index contributed by atoms with van der Waals surface area (Å²) in [6.07, 6.45) is 1.92. The molecule has 0 aromatic carbocycles. The van der Waals surface area contributed by atoms with Crippen LogP contribution in [-0.2, 0) is 0 Å². The third-order valence-electron chi connectivity index (χ3n) is 2.53. The van der Waals surface area contributed by atoms with Gasteiger partial charge in [0, 0.05) is 6.20 Å². The van der Waals surface area contributed by atoms with Crippen LogP contribution in [0.4, 0.5) is 0 Å². The molecule has 0 spiro atoms. The summed E-state index contributed by atoms with van der Waals surface area (Å²) in [5, 5.41) is 0. The second-order valence-electron chi connectivity index (χ2n) is 5.03. The van der Waals surface area contributed by atoms with Gasteiger partial charge in [-0.25, -0.2) is 0 Å². The van der Waals surface area contributed by atoms with Crippen molar-refractivity contribution in [2.45, 2.75) is 66.7 Å². The summed E-state index contributed by atoms with van der Waals surface area (Å²) in [6.45, 7) is 13.0. The first-order valence-corrected chi connectivity index (χ1v) is 5.80. The van der Waals surface area contributed by atoms with Crippen LogP contribution in [0.1, 0.15) is 83.8 Å². The number of aromatic nitrogens is 2. The first-order chi connectivity index (χ1) is 6.93. The molecular formula is C14H26N2. The fraction of sp³-hybridized carbons (Fsp3) is 0.714. The Bertz CT molecular complexity index is 328. The van der Waals surface area contributed by atoms with E-state index in [1.807, 2.05) is 6.20 Å². The quantitative estimate of drug-likeness (QED) is 0.753. The molecule has 1 heterocycles. The van der Waals surface area contributed by atoms with Crippen LogP contribution in [0.15, 0.2) is 6.20 Å². The summed E-state index contributed by atoms with van der Waals surface area (Å²) in [5.41, 5.74) is 3.41. The Morgan fingerprint density at radius 3 is 1.69 bits per heavy atom. The summed E-state index contributed by atoms with van der Waals surface area (Å²) >= 11 is 0. The van der Waals surface area contributed by atoms with Crippen molar-refractivity contribution in [1.29, 1.82) is 0 Å². The van der Waals surface area contributed by atoms with Crippen molar-refractivity contribution in [3.05, 3.63) is 23.3 Å². The normalized spacial score (nSPS) is 11.1. The fourth-order valence-electron chi connectivity index (χ4n) is 1.57. The molecule has 1 rings (SSSR count). The molecular weight excluding hydrogens is 196 g/mol. The van der Waals surface area contributed by atoms with Crippen LogP contribution in [0.2, 0.25) is 0 Å². The average Bonchev–Trinajstić information content (AvgIpc) is 2.16. The maximum Gasteiger partial charge on any atom is 0.0650 e. The van der Waals surface area contributed by atoms with Crippen molar-refractivity contribution in [3.63, 3.8) is 0 Å². The van der Waals surface area contributed by atoms with E-state index in [4.69, 9.17) is 4.98 Å². The van der Waals surface area contributed by atoms with E-state index in [9.17, 15) is 0 Å². The van der Waals surface area contributed by atoms with Crippen molar-refractivity contribution in [1.82, 2.24) is 9.97 Å². The molecule has 0 radical (unpaired) electrons. The average molecular weight is 222 g/mol. The van der Waals surface area contributed by atoms with Crippen LogP contribution < -0.4 is 0 Å². The van der Waals surface area contributed by atoms with E-state index in [1.54, 1.807) is 0 Å². The zero-order chi connectivity index (χ0) is 11.6. The van der Waals surface area contributed by atoms with Crippen LogP contribution >= 0.6 is 0 Å². The minimum atomic E-state index is 0. The molecule has 92 valence electrons. The topological polar surface area (TPSA) is 25.8 Å². The third kappa shape index (κ3) is 3.29. The van der Waals surface area contributed by atoms with Crippen LogP contribution in [0.3, 0.4) is 0 Å². The van der Waals surface area contributed by atoms with Crippen molar-refractivity contribution < 1.29 is 0 Å². The van der Waals surface area contributed by atoms with Gasteiger partial charge in [-0.05, 0) is 17.8 Å². The SMILES string of the molecule is C.CC(C)c1cnc(C(C)C)c(C(C)C)n1. The van der Waals surface area contributed by atoms with Crippen molar-refractivity contribution in [2.24, 2.45) is 0 Å². The predicted octanol–water partition coefficient (Wildman–Crippen LogP) is 4.48. The molecule has 0 aliphatic heterocycles. The van der Waals surface area contributed by atoms with E-state index in [-0.39, 0.29) is 7.43 Å². The van der Waals surface area contributed by atoms with Gasteiger partial charge in [-0.3, -0.25) is 9.97 Å². The van der Waals surface area contributed by atoms with E-state index in [1.165, 1.54) is 0 Å². The molecule has 0 aliphatic rings. The summed E-state index contributed by atoms with van der Waals surface area (Å²) in [5.74, 6) is 1.36. The molecule has 0 atom stereocenters. The number of hydrogen-bond donors (Lipinski definition) is 0. The van der Waals surface area contributed by atoms with Gasteiger partial charge < -0.3 is 0 Å². The molecule has 0 amide bonds. The highest BCUT2D eigenvalue weighted by molar-refractivity contribution is 5.21. The Kier molecular flexibility index (Phi) is 5.63. The molecule has 0 saturated carbocycles. The molecule has 2 nitrogen and oxygen atoms in total. The van der Waals surface area contributed by atoms with E-state index < -0.39 is 0 Å². The van der Waals surface area contributed by atoms with Gasteiger partial charge in [0.2, 0.25) is 0 Å². The highest BCUT2D eigenvalue weighted by atomic mass is 14.8. The molecule has 0 saturated heterocycles. The third-order valence-corrected chi connectivity index (χ3v) is 2.53. The standard InChI is InChI=1S/C13H22N2.CH4/c1-8(2)11-7-14-12(9(3)4)13(15-11)10(5)6;/h7-10H,1-6H3;1H4. The zero-order valence-electron chi connectivity index (χ0n) is 10.7. The lowest BCUT2D eigenvalue weighted by Gasteiger charge is -2.16. The van der Waals surface area contributed by atoms with Gasteiger partial charge in [-0.2, -0.15) is 0 Å². The van der Waals surface area contributed by atoms with Crippen LogP contribution in [0.5, 0.6) is 0 Å². The van der Waals surface area contributed by atoms with Crippen LogP contribution in [0.25, 0.3) is 0 Å². The van der Waals surface area contributed by atoms with Crippen molar-refractivity contribution >= 4 is 0 Å². The van der Waals surface area contributed by atoms with Gasteiger partial charge in [0.1, 0.15) is 0 Å². The molecule has 1 aromatic rings. The predicted molar refractivity (Wildman–Crippen MR) is 71.0 cm³/mol. The smallest absolute Gasteiger partial charge is 0.0650 e. The Morgan fingerprint density at radius 2 is 1.31 bits per heavy atom. The summed E-state index contributed by atoms with van der Waals surface area (Å²) in [6, 6.07) is 0. The zero-order valence-corrected chi connectivity index (χ0v) is 10.7. The molecule has 0 N–H and O–H groups in total. The van der Waals surface area contributed by atoms with Gasteiger partial charge >= 0.3 is 0 Å². The van der Waals surface area contributed by atoms with Crippen molar-refractivity contribution in [2.75, 3.05) is 0 Å². The molecule has 0 aliphatic carbocycles. The number of rotatable bonds is 3. The molecule has 0 fully saturated rings. The van der Waals surface area contributed by atoms with E-state index in [0.717, 1.165) is 17.1 Å². The summed E-state index contributed by atoms with van der Waals surface area (Å²) < 4.78 is 0. The highest BCUT2D eigenvalue weighted by Gasteiger charge is 2.14. The van der Waals surface area contributed by atoms with E-state index in [2.05, 4.69) is 46.5 Å². The minimum Gasteiger partial charge on any atom is -0.257 e. The van der Waals surface area contributed by atoms with Crippen LogP contribution in [0, 0.1) is 0 Å². The Labute approximate surface area is 101 Å². The lowest BCUT2D eigenvalue weighted by atomic mass is 9.99. The largest absolute Gasteiger partial charge is 0.257 e. The lowest BCUT2D eigenvalue weighted by molar-refractivity contribution is 0.695. The maximum absolute atomic E-state index is 4.73. The van der Waals surface area contributed by atoms with Gasteiger partial charge in [0.25, 0.3) is 0 Å². The first kappa shape index (κ1) is 15.1. The maximum atomic E-state index is 4.73. The van der Waals surface area contributed by atoms with Crippen molar-refractivity contribution in [3.8, 4) is 0 Å². The second kappa shape index (κ2) is 5.97. The molecule has 2 heteroatoms. The minimum absolute atomic E-state index is 0. The van der Waals surface area contributed by atoms with E-state index >= 15 is 0 Å². The molecule has 0 bridgehead atoms. The van der Waals surface area contributed by atoms with Gasteiger partial charge in [-0.1, -0.05) is 49.0 Å². The van der Waals surface area contributed by atoms with Gasteiger partial charge in [0.15, 0.2) is 0 Å². The Balaban J connectivity index is 0.00000225. The lowest BCUT2D eigenvalue weighted by Crippen LogP contribution is -2.08. The summed E-state index contributed by atoms with van der Waals surface area (Å²) in [7, 11) is 0. The Hall–Kier alpha value is -0.920. The molecule has 0 unspecified atom stereocenters. The number of nitrogens with zero attached hydrogens (tertiary/aromatic N) is 2. The highest BCUT2D eigenvalue weighted by Crippen LogP contribution is 2.24. The van der Waals surface area contributed by atoms with Gasteiger partial charge in [-0.15, -0.1) is 0 Å². The van der Waals surface area contributed by atoms with Crippen LogP contribution in [-0.4, -0.2) is 9.97 Å². The second-order valence-corrected chi connectivity index (χ2v) is 5.03.